The van der Waals surface area contributed by atoms with E-state index in [-0.39, 0.29) is 11.1 Å². The van der Waals surface area contributed by atoms with E-state index in [2.05, 4.69) is 26.1 Å². The zero-order valence-electron chi connectivity index (χ0n) is 12.8. The fraction of sp³-hybridized carbons (Fsp3) is 0.625. The predicted molar refractivity (Wildman–Crippen MR) is 78.9 cm³/mol. The Morgan fingerprint density at radius 2 is 1.85 bits per heavy atom. The quantitative estimate of drug-likeness (QED) is 0.912. The predicted octanol–water partition coefficient (Wildman–Crippen LogP) is 3.56. The summed E-state index contributed by atoms with van der Waals surface area (Å²) in [5.74, 6) is -0.437. The van der Waals surface area contributed by atoms with Crippen molar-refractivity contribution in [1.82, 2.24) is 5.32 Å². The minimum Gasteiger partial charge on any atom is -0.366 e. The molecule has 1 saturated heterocycles. The molecule has 0 aliphatic carbocycles. The summed E-state index contributed by atoms with van der Waals surface area (Å²) < 4.78 is 28.4. The Morgan fingerprint density at radius 1 is 1.25 bits per heavy atom. The molecule has 1 atom stereocenters. The molecule has 1 fully saturated rings. The molecule has 1 aliphatic rings. The third kappa shape index (κ3) is 3.11. The molecule has 4 heteroatoms. The van der Waals surface area contributed by atoms with Gasteiger partial charge in [-0.1, -0.05) is 20.8 Å². The third-order valence-electron chi connectivity index (χ3n) is 4.19. The van der Waals surface area contributed by atoms with Gasteiger partial charge in [-0.2, -0.15) is 0 Å². The van der Waals surface area contributed by atoms with Crippen LogP contribution >= 0.6 is 0 Å². The maximum absolute atomic E-state index is 14.2. The molecule has 1 heterocycles. The topological polar surface area (TPSA) is 15.3 Å². The van der Waals surface area contributed by atoms with E-state index >= 15 is 0 Å². The number of hydrogen-bond acceptors (Lipinski definition) is 2. The molecule has 0 aromatic heterocycles. The lowest BCUT2D eigenvalue weighted by atomic mass is 9.80. The molecule has 1 unspecified atom stereocenters. The van der Waals surface area contributed by atoms with E-state index < -0.39 is 11.6 Å². The lowest BCUT2D eigenvalue weighted by molar-refractivity contribution is 0.263. The number of anilines is 1. The van der Waals surface area contributed by atoms with E-state index in [1.807, 2.05) is 4.90 Å². The summed E-state index contributed by atoms with van der Waals surface area (Å²) >= 11 is 0. The van der Waals surface area contributed by atoms with Gasteiger partial charge >= 0.3 is 0 Å². The molecule has 0 saturated carbocycles. The fourth-order valence-electron chi connectivity index (χ4n) is 2.90. The molecule has 0 spiro atoms. The first-order chi connectivity index (χ1) is 9.32. The van der Waals surface area contributed by atoms with Crippen molar-refractivity contribution < 1.29 is 8.78 Å². The van der Waals surface area contributed by atoms with Gasteiger partial charge in [0.25, 0.3) is 0 Å². The summed E-state index contributed by atoms with van der Waals surface area (Å²) in [7, 11) is 1.76. The maximum atomic E-state index is 14.2. The molecule has 0 amide bonds. The second-order valence-electron chi connectivity index (χ2n) is 6.74. The highest BCUT2D eigenvalue weighted by Gasteiger charge is 2.33. The fourth-order valence-corrected chi connectivity index (χ4v) is 2.90. The van der Waals surface area contributed by atoms with E-state index in [0.717, 1.165) is 19.5 Å². The van der Waals surface area contributed by atoms with Crippen molar-refractivity contribution in [2.24, 2.45) is 11.3 Å². The molecule has 0 radical (unpaired) electrons. The lowest BCUT2D eigenvalue weighted by Crippen LogP contribution is -2.27. The number of benzene rings is 1. The Labute approximate surface area is 120 Å². The van der Waals surface area contributed by atoms with E-state index in [1.54, 1.807) is 7.05 Å². The van der Waals surface area contributed by atoms with Crippen LogP contribution in [0.3, 0.4) is 0 Å². The second kappa shape index (κ2) is 5.68. The molecule has 1 aromatic carbocycles. The van der Waals surface area contributed by atoms with Crippen LogP contribution in [0.2, 0.25) is 0 Å². The van der Waals surface area contributed by atoms with Crippen molar-refractivity contribution in [2.45, 2.75) is 33.7 Å². The van der Waals surface area contributed by atoms with E-state index in [1.165, 1.54) is 12.1 Å². The number of halogens is 2. The maximum Gasteiger partial charge on any atom is 0.149 e. The van der Waals surface area contributed by atoms with Gasteiger partial charge in [-0.15, -0.1) is 0 Å². The molecular weight excluding hydrogens is 258 g/mol. The summed E-state index contributed by atoms with van der Waals surface area (Å²) in [6.07, 6.45) is 0.987. The van der Waals surface area contributed by atoms with Crippen LogP contribution in [0.15, 0.2) is 12.1 Å². The van der Waals surface area contributed by atoms with E-state index in [0.29, 0.717) is 18.0 Å². The van der Waals surface area contributed by atoms with Crippen LogP contribution in [-0.4, -0.2) is 20.1 Å². The van der Waals surface area contributed by atoms with E-state index in [4.69, 9.17) is 0 Å². The zero-order valence-corrected chi connectivity index (χ0v) is 12.8. The van der Waals surface area contributed by atoms with Crippen molar-refractivity contribution in [3.05, 3.63) is 29.3 Å². The van der Waals surface area contributed by atoms with Gasteiger partial charge in [0.05, 0.1) is 0 Å². The van der Waals surface area contributed by atoms with Gasteiger partial charge in [0.1, 0.15) is 17.3 Å². The lowest BCUT2D eigenvalue weighted by Gasteiger charge is -2.27. The number of nitrogens with one attached hydrogen (secondary N) is 1. The van der Waals surface area contributed by atoms with Crippen LogP contribution in [0.1, 0.15) is 32.8 Å². The largest absolute Gasteiger partial charge is 0.366 e. The SMILES string of the molecule is CNCc1cc(F)c(N2CCC(C(C)(C)C)C2)c(F)c1. The molecule has 2 nitrogen and oxygen atoms in total. The van der Waals surface area contributed by atoms with Gasteiger partial charge in [0.15, 0.2) is 0 Å². The summed E-state index contributed by atoms with van der Waals surface area (Å²) in [6.45, 7) is 8.47. The summed E-state index contributed by atoms with van der Waals surface area (Å²) in [4.78, 5) is 1.85. The Bertz CT molecular complexity index is 457. The smallest absolute Gasteiger partial charge is 0.149 e. The minimum absolute atomic E-state index is 0.136. The average Bonchev–Trinajstić information content (AvgIpc) is 2.77. The zero-order chi connectivity index (χ0) is 14.9. The van der Waals surface area contributed by atoms with Gasteiger partial charge in [-0.3, -0.25) is 0 Å². The highest BCUT2D eigenvalue weighted by atomic mass is 19.1. The molecule has 1 aromatic rings. The molecular formula is C16H24F2N2. The first-order valence-electron chi connectivity index (χ1n) is 7.20. The summed E-state index contributed by atoms with van der Waals surface area (Å²) in [5.41, 5.74) is 0.947. The first kappa shape index (κ1) is 15.2. The third-order valence-corrected chi connectivity index (χ3v) is 4.19. The Hall–Kier alpha value is -1.16. The Balaban J connectivity index is 2.22. The molecule has 0 bridgehead atoms. The standard InChI is InChI=1S/C16H24F2N2/c1-16(2,3)12-5-6-20(10-12)15-13(17)7-11(9-19-4)8-14(15)18/h7-8,12,19H,5-6,9-10H2,1-4H3. The van der Waals surface area contributed by atoms with Gasteiger partial charge in [-0.05, 0) is 42.5 Å². The molecule has 112 valence electrons. The summed E-state index contributed by atoms with van der Waals surface area (Å²) in [5, 5.41) is 2.91. The monoisotopic (exact) mass is 282 g/mol. The highest BCUT2D eigenvalue weighted by molar-refractivity contribution is 5.51. The minimum atomic E-state index is -0.454. The van der Waals surface area contributed by atoms with Crippen molar-refractivity contribution in [3.8, 4) is 0 Å². The molecule has 20 heavy (non-hydrogen) atoms. The van der Waals surface area contributed by atoms with Gasteiger partial charge in [0.2, 0.25) is 0 Å². The van der Waals surface area contributed by atoms with Gasteiger partial charge in [-0.25, -0.2) is 8.78 Å². The summed E-state index contributed by atoms with van der Waals surface area (Å²) in [6, 6.07) is 2.86. The first-order valence-corrected chi connectivity index (χ1v) is 7.20. The van der Waals surface area contributed by atoms with Crippen molar-refractivity contribution in [1.29, 1.82) is 0 Å². The molecule has 1 aliphatic heterocycles. The van der Waals surface area contributed by atoms with Crippen LogP contribution in [-0.2, 0) is 6.54 Å². The Morgan fingerprint density at radius 3 is 2.30 bits per heavy atom. The van der Waals surface area contributed by atoms with Crippen LogP contribution in [0.5, 0.6) is 0 Å². The van der Waals surface area contributed by atoms with Crippen LogP contribution in [0.4, 0.5) is 14.5 Å². The number of hydrogen-bond donors (Lipinski definition) is 1. The van der Waals surface area contributed by atoms with Gasteiger partial charge in [0, 0.05) is 19.6 Å². The molecule has 1 N–H and O–H groups in total. The van der Waals surface area contributed by atoms with Crippen LogP contribution in [0, 0.1) is 23.0 Å². The van der Waals surface area contributed by atoms with Crippen LogP contribution in [0.25, 0.3) is 0 Å². The van der Waals surface area contributed by atoms with Crippen molar-refractivity contribution in [3.63, 3.8) is 0 Å². The second-order valence-corrected chi connectivity index (χ2v) is 6.74. The molecule has 2 rings (SSSR count). The van der Waals surface area contributed by atoms with Crippen molar-refractivity contribution >= 4 is 5.69 Å². The van der Waals surface area contributed by atoms with Crippen LogP contribution < -0.4 is 10.2 Å². The Kier molecular flexibility index (Phi) is 4.33. The average molecular weight is 282 g/mol. The van der Waals surface area contributed by atoms with Gasteiger partial charge < -0.3 is 10.2 Å². The number of nitrogens with zero attached hydrogens (tertiary/aromatic N) is 1. The normalized spacial score (nSPS) is 19.7. The highest BCUT2D eigenvalue weighted by Crippen LogP contribution is 2.37. The van der Waals surface area contributed by atoms with E-state index in [9.17, 15) is 8.78 Å². The number of rotatable bonds is 3. The van der Waals surface area contributed by atoms with Crippen molar-refractivity contribution in [2.75, 3.05) is 25.0 Å².